The monoisotopic (exact) mass is 305 g/mol. The van der Waals surface area contributed by atoms with Gasteiger partial charge in [0.15, 0.2) is 16.8 Å². The molecule has 0 amide bonds. The normalized spacial score (nSPS) is 14.8. The Morgan fingerprint density at radius 2 is 2.35 bits per heavy atom. The molecule has 3 heterocycles. The SMILES string of the molecule is c1csc(-c2nnc(SCc3ncon3)n2C2CC2)c1. The Morgan fingerprint density at radius 1 is 1.40 bits per heavy atom. The summed E-state index contributed by atoms with van der Waals surface area (Å²) in [4.78, 5) is 5.19. The topological polar surface area (TPSA) is 69.6 Å². The quantitative estimate of drug-likeness (QED) is 0.675. The van der Waals surface area contributed by atoms with Gasteiger partial charge in [-0.1, -0.05) is 23.0 Å². The molecule has 0 radical (unpaired) electrons. The molecule has 20 heavy (non-hydrogen) atoms. The minimum atomic E-state index is 0.537. The molecule has 0 aliphatic heterocycles. The minimum absolute atomic E-state index is 0.537. The van der Waals surface area contributed by atoms with E-state index in [0.29, 0.717) is 17.6 Å². The molecule has 8 heteroatoms. The van der Waals surface area contributed by atoms with E-state index >= 15 is 0 Å². The van der Waals surface area contributed by atoms with Crippen LogP contribution < -0.4 is 0 Å². The first-order valence-electron chi connectivity index (χ1n) is 6.28. The first kappa shape index (κ1) is 12.1. The molecule has 3 aromatic rings. The minimum Gasteiger partial charge on any atom is -0.343 e. The van der Waals surface area contributed by atoms with Gasteiger partial charge in [-0.3, -0.25) is 4.57 Å². The zero-order chi connectivity index (χ0) is 13.4. The second-order valence-corrected chi connectivity index (χ2v) is 6.41. The molecule has 1 saturated carbocycles. The van der Waals surface area contributed by atoms with E-state index in [0.717, 1.165) is 15.9 Å². The van der Waals surface area contributed by atoms with Gasteiger partial charge in [-0.2, -0.15) is 4.98 Å². The van der Waals surface area contributed by atoms with E-state index in [9.17, 15) is 0 Å². The van der Waals surface area contributed by atoms with Crippen molar-refractivity contribution < 1.29 is 4.52 Å². The van der Waals surface area contributed by atoms with Gasteiger partial charge in [0.05, 0.1) is 10.6 Å². The van der Waals surface area contributed by atoms with Gasteiger partial charge in [-0.15, -0.1) is 21.5 Å². The van der Waals surface area contributed by atoms with Crippen molar-refractivity contribution in [3.63, 3.8) is 0 Å². The van der Waals surface area contributed by atoms with Crippen LogP contribution in [0.2, 0.25) is 0 Å². The lowest BCUT2D eigenvalue weighted by atomic mass is 10.4. The van der Waals surface area contributed by atoms with Crippen molar-refractivity contribution in [2.45, 2.75) is 29.8 Å². The summed E-state index contributed by atoms with van der Waals surface area (Å²) in [6.45, 7) is 0. The molecule has 0 bridgehead atoms. The van der Waals surface area contributed by atoms with Crippen molar-refractivity contribution in [1.82, 2.24) is 24.9 Å². The Kier molecular flexibility index (Phi) is 3.04. The second kappa shape index (κ2) is 5.02. The lowest BCUT2D eigenvalue weighted by Gasteiger charge is -2.06. The highest BCUT2D eigenvalue weighted by Crippen LogP contribution is 2.42. The van der Waals surface area contributed by atoms with Crippen molar-refractivity contribution in [1.29, 1.82) is 0 Å². The first-order valence-corrected chi connectivity index (χ1v) is 8.15. The number of aromatic nitrogens is 5. The molecular weight excluding hydrogens is 294 g/mol. The molecule has 6 nitrogen and oxygen atoms in total. The molecule has 1 aliphatic rings. The molecule has 0 atom stereocenters. The average Bonchev–Trinajstić information content (AvgIpc) is 2.94. The van der Waals surface area contributed by atoms with Crippen LogP contribution in [-0.4, -0.2) is 24.9 Å². The van der Waals surface area contributed by atoms with Gasteiger partial charge in [0.2, 0.25) is 6.39 Å². The first-order chi connectivity index (χ1) is 9.92. The molecule has 0 saturated heterocycles. The van der Waals surface area contributed by atoms with Gasteiger partial charge in [-0.25, -0.2) is 0 Å². The number of hydrogen-bond acceptors (Lipinski definition) is 7. The third-order valence-corrected chi connectivity index (χ3v) is 4.86. The summed E-state index contributed by atoms with van der Waals surface area (Å²) in [6.07, 6.45) is 3.75. The van der Waals surface area contributed by atoms with E-state index in [4.69, 9.17) is 4.52 Å². The molecule has 0 spiro atoms. The standard InChI is InChI=1S/C12H11N5OS2/c1-2-9(19-5-1)11-14-15-12(17(11)8-3-4-8)20-6-10-13-7-18-16-10/h1-2,5,7-8H,3-4,6H2. The predicted octanol–water partition coefficient (Wildman–Crippen LogP) is 3.02. The summed E-state index contributed by atoms with van der Waals surface area (Å²) in [7, 11) is 0. The lowest BCUT2D eigenvalue weighted by molar-refractivity contribution is 0.412. The molecule has 0 aromatic carbocycles. The largest absolute Gasteiger partial charge is 0.343 e. The molecule has 4 rings (SSSR count). The van der Waals surface area contributed by atoms with Crippen LogP contribution >= 0.6 is 23.1 Å². The van der Waals surface area contributed by atoms with Crippen molar-refractivity contribution >= 4 is 23.1 Å². The predicted molar refractivity (Wildman–Crippen MR) is 75.5 cm³/mol. The molecule has 0 unspecified atom stereocenters. The molecule has 1 fully saturated rings. The number of rotatable bonds is 5. The maximum Gasteiger partial charge on any atom is 0.213 e. The van der Waals surface area contributed by atoms with Crippen molar-refractivity contribution in [2.75, 3.05) is 0 Å². The average molecular weight is 305 g/mol. The summed E-state index contributed by atoms with van der Waals surface area (Å²) in [5.74, 6) is 2.29. The van der Waals surface area contributed by atoms with E-state index in [1.54, 1.807) is 23.1 Å². The number of nitrogens with zero attached hydrogens (tertiary/aromatic N) is 5. The van der Waals surface area contributed by atoms with E-state index in [-0.39, 0.29) is 0 Å². The molecule has 0 N–H and O–H groups in total. The fourth-order valence-electron chi connectivity index (χ4n) is 2.00. The van der Waals surface area contributed by atoms with E-state index in [1.807, 2.05) is 6.07 Å². The fraction of sp³-hybridized carbons (Fsp3) is 0.333. The lowest BCUT2D eigenvalue weighted by Crippen LogP contribution is -1.99. The Morgan fingerprint density at radius 3 is 3.05 bits per heavy atom. The zero-order valence-corrected chi connectivity index (χ0v) is 12.1. The maximum atomic E-state index is 4.74. The van der Waals surface area contributed by atoms with Crippen molar-refractivity contribution in [3.05, 3.63) is 29.7 Å². The van der Waals surface area contributed by atoms with Gasteiger partial charge >= 0.3 is 0 Å². The summed E-state index contributed by atoms with van der Waals surface area (Å²) in [6, 6.07) is 4.66. The second-order valence-electron chi connectivity index (χ2n) is 4.52. The van der Waals surface area contributed by atoms with Crippen LogP contribution in [-0.2, 0) is 5.75 Å². The van der Waals surface area contributed by atoms with Crippen LogP contribution in [0.15, 0.2) is 33.6 Å². The van der Waals surface area contributed by atoms with E-state index < -0.39 is 0 Å². The third-order valence-electron chi connectivity index (χ3n) is 3.06. The number of thioether (sulfide) groups is 1. The van der Waals surface area contributed by atoms with Crippen LogP contribution in [0.3, 0.4) is 0 Å². The highest BCUT2D eigenvalue weighted by molar-refractivity contribution is 7.98. The van der Waals surface area contributed by atoms with E-state index in [2.05, 4.69) is 36.4 Å². The van der Waals surface area contributed by atoms with Gasteiger partial charge in [0.1, 0.15) is 0 Å². The highest BCUT2D eigenvalue weighted by Gasteiger charge is 2.30. The fourth-order valence-corrected chi connectivity index (χ4v) is 3.56. The summed E-state index contributed by atoms with van der Waals surface area (Å²) >= 11 is 3.29. The van der Waals surface area contributed by atoms with Crippen LogP contribution in [0.4, 0.5) is 0 Å². The van der Waals surface area contributed by atoms with Gasteiger partial charge in [0.25, 0.3) is 0 Å². The van der Waals surface area contributed by atoms with Crippen molar-refractivity contribution in [2.24, 2.45) is 0 Å². The zero-order valence-electron chi connectivity index (χ0n) is 10.5. The third kappa shape index (κ3) is 2.25. The van der Waals surface area contributed by atoms with Gasteiger partial charge in [0, 0.05) is 6.04 Å². The summed E-state index contributed by atoms with van der Waals surface area (Å²) < 4.78 is 6.99. The Labute approximate surface area is 123 Å². The maximum absolute atomic E-state index is 4.74. The smallest absolute Gasteiger partial charge is 0.213 e. The molecule has 102 valence electrons. The number of hydrogen-bond donors (Lipinski definition) is 0. The van der Waals surface area contributed by atoms with Gasteiger partial charge in [-0.05, 0) is 24.3 Å². The Bertz CT molecular complexity index is 688. The van der Waals surface area contributed by atoms with Crippen LogP contribution in [0.25, 0.3) is 10.7 Å². The number of thiophene rings is 1. The van der Waals surface area contributed by atoms with Crippen LogP contribution in [0, 0.1) is 0 Å². The summed E-state index contributed by atoms with van der Waals surface area (Å²) in [5.41, 5.74) is 0. The Balaban J connectivity index is 1.63. The molecule has 3 aromatic heterocycles. The Hall–Kier alpha value is -1.67. The highest BCUT2D eigenvalue weighted by atomic mass is 32.2. The van der Waals surface area contributed by atoms with Crippen LogP contribution in [0.5, 0.6) is 0 Å². The van der Waals surface area contributed by atoms with E-state index in [1.165, 1.54) is 19.2 Å². The molecule has 1 aliphatic carbocycles. The van der Waals surface area contributed by atoms with Gasteiger partial charge < -0.3 is 4.52 Å². The van der Waals surface area contributed by atoms with Crippen LogP contribution in [0.1, 0.15) is 24.7 Å². The summed E-state index contributed by atoms with van der Waals surface area (Å²) in [5, 5.41) is 15.5. The van der Waals surface area contributed by atoms with Crippen molar-refractivity contribution in [3.8, 4) is 10.7 Å². The molecular formula is C12H11N5OS2.